The molecule has 0 saturated carbocycles. The summed E-state index contributed by atoms with van der Waals surface area (Å²) in [5.74, 6) is 0. The minimum atomic E-state index is 0.152. The van der Waals surface area contributed by atoms with Gasteiger partial charge in [0.05, 0.1) is 12.7 Å². The second-order valence-electron chi connectivity index (χ2n) is 5.36. The van der Waals surface area contributed by atoms with E-state index in [0.29, 0.717) is 18.7 Å². The van der Waals surface area contributed by atoms with Gasteiger partial charge in [0.2, 0.25) is 0 Å². The number of methoxy groups -OCH3 is 2. The van der Waals surface area contributed by atoms with Gasteiger partial charge in [0.25, 0.3) is 0 Å². The smallest absolute Gasteiger partial charge is 0.0928 e. The third-order valence-corrected chi connectivity index (χ3v) is 3.68. The van der Waals surface area contributed by atoms with E-state index in [1.54, 1.807) is 14.2 Å². The van der Waals surface area contributed by atoms with Gasteiger partial charge in [-0.05, 0) is 32.7 Å². The van der Waals surface area contributed by atoms with E-state index in [9.17, 15) is 0 Å². The van der Waals surface area contributed by atoms with Crippen molar-refractivity contribution in [3.05, 3.63) is 0 Å². The summed E-state index contributed by atoms with van der Waals surface area (Å²) in [6.07, 6.45) is 6.75. The average molecular weight is 258 g/mol. The van der Waals surface area contributed by atoms with Gasteiger partial charge in [-0.2, -0.15) is 0 Å². The molecule has 0 radical (unpaired) electrons. The topological polar surface area (TPSA) is 42.5 Å². The number of nitrogens with one attached hydrogen (secondary N) is 2. The predicted molar refractivity (Wildman–Crippen MR) is 75.0 cm³/mol. The molecule has 3 atom stereocenters. The number of rotatable bonds is 8. The maximum Gasteiger partial charge on any atom is 0.0928 e. The second-order valence-corrected chi connectivity index (χ2v) is 5.36. The van der Waals surface area contributed by atoms with Gasteiger partial charge in [0.15, 0.2) is 0 Å². The molecule has 0 aromatic heterocycles. The molecule has 0 spiro atoms. The van der Waals surface area contributed by atoms with Crippen molar-refractivity contribution in [1.82, 2.24) is 10.6 Å². The zero-order chi connectivity index (χ0) is 13.2. The fraction of sp³-hybridized carbons (Fsp3) is 1.00. The van der Waals surface area contributed by atoms with Crippen molar-refractivity contribution in [3.63, 3.8) is 0 Å². The zero-order valence-corrected chi connectivity index (χ0v) is 12.2. The Morgan fingerprint density at radius 2 is 2.11 bits per heavy atom. The fourth-order valence-electron chi connectivity index (χ4n) is 2.54. The lowest BCUT2D eigenvalue weighted by molar-refractivity contribution is 0.0273. The summed E-state index contributed by atoms with van der Waals surface area (Å²) < 4.78 is 10.5. The van der Waals surface area contributed by atoms with E-state index in [1.165, 1.54) is 38.6 Å². The highest BCUT2D eigenvalue weighted by Crippen LogP contribution is 2.12. The monoisotopic (exact) mass is 258 g/mol. The molecule has 3 unspecified atom stereocenters. The molecule has 0 amide bonds. The lowest BCUT2D eigenvalue weighted by Gasteiger charge is -2.23. The van der Waals surface area contributed by atoms with Crippen LogP contribution >= 0.6 is 0 Å². The summed E-state index contributed by atoms with van der Waals surface area (Å²) in [5.41, 5.74) is 0. The van der Waals surface area contributed by atoms with E-state index in [0.717, 1.165) is 6.54 Å². The minimum Gasteiger partial charge on any atom is -0.382 e. The van der Waals surface area contributed by atoms with Crippen molar-refractivity contribution in [1.29, 1.82) is 0 Å². The number of hydrogen-bond donors (Lipinski definition) is 2. The lowest BCUT2D eigenvalue weighted by Crippen LogP contribution is -2.41. The molecule has 0 bridgehead atoms. The standard InChI is InChI=1S/C14H30N2O2/c1-12(16-10-14(18-3)11-17-2)9-13-7-5-4-6-8-15-13/h12-16H,4-11H2,1-3H3. The third kappa shape index (κ3) is 6.69. The van der Waals surface area contributed by atoms with Crippen molar-refractivity contribution in [2.75, 3.05) is 33.9 Å². The first-order valence-electron chi connectivity index (χ1n) is 7.24. The van der Waals surface area contributed by atoms with Crippen LogP contribution in [0.5, 0.6) is 0 Å². The van der Waals surface area contributed by atoms with E-state index < -0.39 is 0 Å². The van der Waals surface area contributed by atoms with Crippen LogP contribution in [-0.4, -0.2) is 52.1 Å². The van der Waals surface area contributed by atoms with E-state index in [-0.39, 0.29) is 6.10 Å². The molecule has 1 heterocycles. The average Bonchev–Trinajstić information content (AvgIpc) is 2.63. The van der Waals surface area contributed by atoms with Crippen LogP contribution in [0.15, 0.2) is 0 Å². The normalized spacial score (nSPS) is 24.5. The molecular formula is C14H30N2O2. The molecule has 1 aliphatic heterocycles. The van der Waals surface area contributed by atoms with Gasteiger partial charge in [0.1, 0.15) is 0 Å². The Labute approximate surface area is 112 Å². The second kappa shape index (κ2) is 9.73. The highest BCUT2D eigenvalue weighted by atomic mass is 16.5. The first-order chi connectivity index (χ1) is 8.76. The van der Waals surface area contributed by atoms with Gasteiger partial charge < -0.3 is 20.1 Å². The molecule has 18 heavy (non-hydrogen) atoms. The molecule has 2 N–H and O–H groups in total. The van der Waals surface area contributed by atoms with Gasteiger partial charge in [-0.15, -0.1) is 0 Å². The zero-order valence-electron chi connectivity index (χ0n) is 12.2. The molecule has 4 heteroatoms. The predicted octanol–water partition coefficient (Wildman–Crippen LogP) is 1.55. The van der Waals surface area contributed by atoms with E-state index in [4.69, 9.17) is 9.47 Å². The van der Waals surface area contributed by atoms with Gasteiger partial charge in [-0.3, -0.25) is 0 Å². The molecular weight excluding hydrogens is 228 g/mol. The maximum absolute atomic E-state index is 5.35. The van der Waals surface area contributed by atoms with Gasteiger partial charge in [-0.1, -0.05) is 12.8 Å². The summed E-state index contributed by atoms with van der Waals surface area (Å²) in [4.78, 5) is 0. The molecule has 0 aromatic carbocycles. The summed E-state index contributed by atoms with van der Waals surface area (Å²) in [5, 5.41) is 7.18. The molecule has 1 rings (SSSR count). The molecule has 1 saturated heterocycles. The Bertz CT molecular complexity index is 194. The highest BCUT2D eigenvalue weighted by molar-refractivity contribution is 4.76. The molecule has 108 valence electrons. The Morgan fingerprint density at radius 1 is 1.28 bits per heavy atom. The summed E-state index contributed by atoms with van der Waals surface area (Å²) >= 11 is 0. The van der Waals surface area contributed by atoms with Crippen molar-refractivity contribution >= 4 is 0 Å². The van der Waals surface area contributed by atoms with Crippen molar-refractivity contribution in [3.8, 4) is 0 Å². The maximum atomic E-state index is 5.35. The van der Waals surface area contributed by atoms with Crippen LogP contribution in [0.2, 0.25) is 0 Å². The van der Waals surface area contributed by atoms with E-state index in [2.05, 4.69) is 17.6 Å². The molecule has 0 aliphatic carbocycles. The van der Waals surface area contributed by atoms with Gasteiger partial charge >= 0.3 is 0 Å². The van der Waals surface area contributed by atoms with Gasteiger partial charge in [-0.25, -0.2) is 0 Å². The Balaban J connectivity index is 2.16. The first-order valence-corrected chi connectivity index (χ1v) is 7.24. The third-order valence-electron chi connectivity index (χ3n) is 3.68. The Morgan fingerprint density at radius 3 is 2.83 bits per heavy atom. The fourth-order valence-corrected chi connectivity index (χ4v) is 2.54. The summed E-state index contributed by atoms with van der Waals surface area (Å²) in [7, 11) is 3.45. The minimum absolute atomic E-state index is 0.152. The van der Waals surface area contributed by atoms with Crippen LogP contribution in [0.25, 0.3) is 0 Å². The van der Waals surface area contributed by atoms with Crippen LogP contribution in [-0.2, 0) is 9.47 Å². The van der Waals surface area contributed by atoms with E-state index in [1.807, 2.05) is 0 Å². The quantitative estimate of drug-likeness (QED) is 0.693. The van der Waals surface area contributed by atoms with Crippen LogP contribution in [0, 0.1) is 0 Å². The molecule has 0 aromatic rings. The SMILES string of the molecule is COCC(CNC(C)CC1CCCCCN1)OC. The largest absolute Gasteiger partial charge is 0.382 e. The van der Waals surface area contributed by atoms with Crippen LogP contribution < -0.4 is 10.6 Å². The Hall–Kier alpha value is -0.160. The summed E-state index contributed by atoms with van der Waals surface area (Å²) in [6.45, 7) is 4.95. The number of hydrogen-bond acceptors (Lipinski definition) is 4. The van der Waals surface area contributed by atoms with Crippen LogP contribution in [0.4, 0.5) is 0 Å². The van der Waals surface area contributed by atoms with E-state index >= 15 is 0 Å². The highest BCUT2D eigenvalue weighted by Gasteiger charge is 2.15. The molecule has 1 aliphatic rings. The van der Waals surface area contributed by atoms with Crippen molar-refractivity contribution in [2.24, 2.45) is 0 Å². The van der Waals surface area contributed by atoms with Crippen molar-refractivity contribution < 1.29 is 9.47 Å². The van der Waals surface area contributed by atoms with Crippen molar-refractivity contribution in [2.45, 2.75) is 57.2 Å². The van der Waals surface area contributed by atoms with Crippen LogP contribution in [0.3, 0.4) is 0 Å². The Kier molecular flexibility index (Phi) is 8.59. The lowest BCUT2D eigenvalue weighted by atomic mass is 10.0. The number of ether oxygens (including phenoxy) is 2. The summed E-state index contributed by atoms with van der Waals surface area (Å²) in [6, 6.07) is 1.20. The molecule has 4 nitrogen and oxygen atoms in total. The first kappa shape index (κ1) is 15.9. The van der Waals surface area contributed by atoms with Gasteiger partial charge in [0, 0.05) is 32.8 Å². The molecule has 1 fully saturated rings. The van der Waals surface area contributed by atoms with Crippen LogP contribution in [0.1, 0.15) is 39.0 Å².